The lowest BCUT2D eigenvalue weighted by Gasteiger charge is -2.56. The molecule has 0 N–H and O–H groups in total. The molecule has 3 aromatic heterocycles. The zero-order chi connectivity index (χ0) is 21.9. The van der Waals surface area contributed by atoms with Gasteiger partial charge >= 0.3 is 5.97 Å². The van der Waals surface area contributed by atoms with E-state index >= 15 is 0 Å². The highest BCUT2D eigenvalue weighted by atomic mass is 16.5. The minimum atomic E-state index is -0.421. The van der Waals surface area contributed by atoms with Crippen LogP contribution in [0, 0.1) is 23.2 Å². The van der Waals surface area contributed by atoms with Crippen LogP contribution in [-0.4, -0.2) is 49.2 Å². The SMILES string of the molecule is CCOC(=O)c1cnn(-c2nc(OC)c3c(cnn3CC34CC5CC(CC(C5)C3)C4)n2)c1. The fourth-order valence-corrected chi connectivity index (χ4v) is 6.87. The van der Waals surface area contributed by atoms with Crippen LogP contribution < -0.4 is 4.74 Å². The summed E-state index contributed by atoms with van der Waals surface area (Å²) in [5.74, 6) is 3.05. The summed E-state index contributed by atoms with van der Waals surface area (Å²) in [6.07, 6.45) is 13.0. The van der Waals surface area contributed by atoms with E-state index in [1.807, 2.05) is 0 Å². The average molecular weight is 437 g/mol. The molecule has 3 aromatic rings. The number of rotatable bonds is 6. The summed E-state index contributed by atoms with van der Waals surface area (Å²) in [4.78, 5) is 21.2. The summed E-state index contributed by atoms with van der Waals surface area (Å²) >= 11 is 0. The average Bonchev–Trinajstić information content (AvgIpc) is 3.40. The van der Waals surface area contributed by atoms with E-state index in [0.29, 0.717) is 34.9 Å². The maximum Gasteiger partial charge on any atom is 0.341 e. The zero-order valence-electron chi connectivity index (χ0n) is 18.5. The van der Waals surface area contributed by atoms with E-state index in [-0.39, 0.29) is 0 Å². The molecule has 9 nitrogen and oxygen atoms in total. The molecule has 7 rings (SSSR count). The van der Waals surface area contributed by atoms with Crippen LogP contribution in [0.15, 0.2) is 18.6 Å². The van der Waals surface area contributed by atoms with Crippen molar-refractivity contribution in [1.29, 1.82) is 0 Å². The smallest absolute Gasteiger partial charge is 0.341 e. The van der Waals surface area contributed by atoms with Crippen molar-refractivity contribution in [2.45, 2.75) is 52.0 Å². The van der Waals surface area contributed by atoms with Gasteiger partial charge in [0, 0.05) is 12.7 Å². The first-order chi connectivity index (χ1) is 15.6. The van der Waals surface area contributed by atoms with Crippen molar-refractivity contribution in [3.63, 3.8) is 0 Å². The number of carbonyl (C=O) groups excluding carboxylic acids is 1. The van der Waals surface area contributed by atoms with Crippen molar-refractivity contribution in [1.82, 2.24) is 29.5 Å². The molecule has 0 saturated heterocycles. The van der Waals surface area contributed by atoms with E-state index in [1.165, 1.54) is 49.4 Å². The summed E-state index contributed by atoms with van der Waals surface area (Å²) < 4.78 is 14.2. The van der Waals surface area contributed by atoms with E-state index in [0.717, 1.165) is 29.8 Å². The summed E-state index contributed by atoms with van der Waals surface area (Å²) in [5.41, 5.74) is 2.23. The molecule has 4 aliphatic rings. The van der Waals surface area contributed by atoms with E-state index in [2.05, 4.69) is 19.7 Å². The van der Waals surface area contributed by atoms with Gasteiger partial charge in [0.05, 0.1) is 31.7 Å². The van der Waals surface area contributed by atoms with Crippen molar-refractivity contribution in [2.75, 3.05) is 13.7 Å². The Hall–Kier alpha value is -2.97. The normalized spacial score (nSPS) is 28.4. The Balaban J connectivity index is 1.33. The lowest BCUT2D eigenvalue weighted by atomic mass is 9.49. The summed E-state index contributed by atoms with van der Waals surface area (Å²) in [5, 5.41) is 8.94. The quantitative estimate of drug-likeness (QED) is 0.546. The molecular formula is C23H28N6O3. The summed E-state index contributed by atoms with van der Waals surface area (Å²) in [6, 6.07) is 0. The number of aromatic nitrogens is 6. The highest BCUT2D eigenvalue weighted by Gasteiger charge is 2.51. The van der Waals surface area contributed by atoms with Gasteiger partial charge < -0.3 is 9.47 Å². The van der Waals surface area contributed by atoms with Gasteiger partial charge in [-0.3, -0.25) is 4.68 Å². The van der Waals surface area contributed by atoms with Gasteiger partial charge in [-0.25, -0.2) is 14.5 Å². The van der Waals surface area contributed by atoms with Gasteiger partial charge in [-0.05, 0) is 68.6 Å². The molecule has 0 spiro atoms. The van der Waals surface area contributed by atoms with Crippen LogP contribution in [0.25, 0.3) is 17.0 Å². The second-order valence-corrected chi connectivity index (χ2v) is 9.88. The number of hydrogen-bond donors (Lipinski definition) is 0. The van der Waals surface area contributed by atoms with Crippen LogP contribution in [0.2, 0.25) is 0 Å². The Labute approximate surface area is 186 Å². The number of fused-ring (bicyclic) bond motifs is 1. The molecule has 0 atom stereocenters. The third-order valence-corrected chi connectivity index (χ3v) is 7.59. The van der Waals surface area contributed by atoms with E-state index in [4.69, 9.17) is 14.6 Å². The number of hydrogen-bond acceptors (Lipinski definition) is 7. The Kier molecular flexibility index (Phi) is 4.48. The molecule has 4 saturated carbocycles. The lowest BCUT2D eigenvalue weighted by molar-refractivity contribution is -0.0629. The Morgan fingerprint density at radius 1 is 1.09 bits per heavy atom. The van der Waals surface area contributed by atoms with Gasteiger partial charge in [0.25, 0.3) is 5.95 Å². The number of esters is 1. The van der Waals surface area contributed by atoms with Crippen molar-refractivity contribution < 1.29 is 14.3 Å². The molecular weight excluding hydrogens is 408 g/mol. The first kappa shape index (κ1) is 19.7. The molecule has 0 radical (unpaired) electrons. The molecule has 0 amide bonds. The topological polar surface area (TPSA) is 97.0 Å². The Morgan fingerprint density at radius 3 is 2.47 bits per heavy atom. The van der Waals surface area contributed by atoms with Gasteiger partial charge in [0.1, 0.15) is 11.0 Å². The standard InChI is InChI=1S/C23H28N6O3/c1-3-32-21(30)17-10-24-28(12-17)22-26-18-11-25-29(19(18)20(27-22)31-2)13-23-7-14-4-15(8-23)6-16(5-14)9-23/h10-12,14-16H,3-9,13H2,1-2H3. The third-order valence-electron chi connectivity index (χ3n) is 7.59. The number of nitrogens with zero attached hydrogens (tertiary/aromatic N) is 6. The minimum absolute atomic E-state index is 0.309. The van der Waals surface area contributed by atoms with Crippen LogP contribution in [0.5, 0.6) is 5.88 Å². The Bertz CT molecular complexity index is 1150. The van der Waals surface area contributed by atoms with Gasteiger partial charge in [-0.1, -0.05) is 0 Å². The van der Waals surface area contributed by atoms with Crippen LogP contribution >= 0.6 is 0 Å². The number of ether oxygens (including phenoxy) is 2. The molecule has 3 heterocycles. The van der Waals surface area contributed by atoms with Gasteiger partial charge in [0.2, 0.25) is 5.88 Å². The predicted octanol–water partition coefficient (Wildman–Crippen LogP) is 3.41. The Morgan fingerprint density at radius 2 is 1.81 bits per heavy atom. The first-order valence-electron chi connectivity index (χ1n) is 11.6. The number of carbonyl (C=O) groups is 1. The fraction of sp³-hybridized carbons (Fsp3) is 0.609. The van der Waals surface area contributed by atoms with Crippen LogP contribution in [0.4, 0.5) is 0 Å². The summed E-state index contributed by atoms with van der Waals surface area (Å²) in [7, 11) is 1.61. The molecule has 4 bridgehead atoms. The maximum absolute atomic E-state index is 12.0. The van der Waals surface area contributed by atoms with E-state index in [1.54, 1.807) is 26.4 Å². The fourth-order valence-electron chi connectivity index (χ4n) is 6.87. The molecule has 0 unspecified atom stereocenters. The summed E-state index contributed by atoms with van der Waals surface area (Å²) in [6.45, 7) is 2.97. The van der Waals surface area contributed by atoms with Gasteiger partial charge in [0.15, 0.2) is 0 Å². The van der Waals surface area contributed by atoms with Crippen LogP contribution in [-0.2, 0) is 11.3 Å². The zero-order valence-corrected chi connectivity index (χ0v) is 18.5. The maximum atomic E-state index is 12.0. The molecule has 0 aromatic carbocycles. The monoisotopic (exact) mass is 436 g/mol. The molecule has 32 heavy (non-hydrogen) atoms. The van der Waals surface area contributed by atoms with Crippen LogP contribution in [0.1, 0.15) is 55.8 Å². The molecule has 4 fully saturated rings. The lowest BCUT2D eigenvalue weighted by Crippen LogP contribution is -2.48. The predicted molar refractivity (Wildman–Crippen MR) is 116 cm³/mol. The number of methoxy groups -OCH3 is 1. The van der Waals surface area contributed by atoms with Crippen molar-refractivity contribution in [3.8, 4) is 11.8 Å². The molecule has 4 aliphatic carbocycles. The highest BCUT2D eigenvalue weighted by Crippen LogP contribution is 2.60. The first-order valence-corrected chi connectivity index (χ1v) is 11.6. The van der Waals surface area contributed by atoms with E-state index in [9.17, 15) is 4.79 Å². The second-order valence-electron chi connectivity index (χ2n) is 9.88. The molecule has 168 valence electrons. The molecule has 0 aliphatic heterocycles. The van der Waals surface area contributed by atoms with Crippen molar-refractivity contribution >= 4 is 17.0 Å². The highest BCUT2D eigenvalue weighted by molar-refractivity contribution is 5.88. The van der Waals surface area contributed by atoms with Gasteiger partial charge in [-0.2, -0.15) is 15.2 Å². The largest absolute Gasteiger partial charge is 0.479 e. The van der Waals surface area contributed by atoms with Gasteiger partial charge in [-0.15, -0.1) is 0 Å². The molecule has 9 heteroatoms. The van der Waals surface area contributed by atoms with Crippen molar-refractivity contribution in [3.05, 3.63) is 24.2 Å². The van der Waals surface area contributed by atoms with Crippen molar-refractivity contribution in [2.24, 2.45) is 23.2 Å². The van der Waals surface area contributed by atoms with E-state index < -0.39 is 5.97 Å². The third kappa shape index (κ3) is 3.17. The minimum Gasteiger partial charge on any atom is -0.479 e. The van der Waals surface area contributed by atoms with Crippen LogP contribution in [0.3, 0.4) is 0 Å². The second kappa shape index (κ2) is 7.28.